The quantitative estimate of drug-likeness (QED) is 0.896. The second-order valence-corrected chi connectivity index (χ2v) is 4.85. The number of hydrogen-bond donors (Lipinski definition) is 1. The van der Waals surface area contributed by atoms with Crippen LogP contribution in [0.4, 0.5) is 4.39 Å². The molecule has 1 N–H and O–H groups in total. The average Bonchev–Trinajstić information content (AvgIpc) is 2.84. The van der Waals surface area contributed by atoms with Gasteiger partial charge >= 0.3 is 0 Å². The highest BCUT2D eigenvalue weighted by molar-refractivity contribution is 5.30. The molecule has 0 aliphatic rings. The second kappa shape index (κ2) is 5.97. The van der Waals surface area contributed by atoms with E-state index in [0.29, 0.717) is 11.1 Å². The number of halogens is 1. The van der Waals surface area contributed by atoms with Gasteiger partial charge in [0.05, 0.1) is 6.20 Å². The highest BCUT2D eigenvalue weighted by Gasteiger charge is 2.04. The van der Waals surface area contributed by atoms with E-state index in [1.807, 2.05) is 29.2 Å². The summed E-state index contributed by atoms with van der Waals surface area (Å²) in [6, 6.07) is 3.79. The molecule has 102 valence electrons. The maximum absolute atomic E-state index is 13.5. The first-order valence-corrected chi connectivity index (χ1v) is 6.57. The molecule has 0 radical (unpaired) electrons. The second-order valence-electron chi connectivity index (χ2n) is 4.85. The van der Waals surface area contributed by atoms with Gasteiger partial charge in [-0.15, -0.1) is 0 Å². The van der Waals surface area contributed by atoms with Crippen LogP contribution in [-0.4, -0.2) is 9.78 Å². The van der Waals surface area contributed by atoms with Crippen molar-refractivity contribution in [1.29, 1.82) is 0 Å². The van der Waals surface area contributed by atoms with E-state index in [2.05, 4.69) is 17.3 Å². The zero-order chi connectivity index (χ0) is 13.8. The van der Waals surface area contributed by atoms with Crippen LogP contribution in [0.2, 0.25) is 0 Å². The maximum Gasteiger partial charge on any atom is 0.129 e. The minimum Gasteiger partial charge on any atom is -0.309 e. The largest absolute Gasteiger partial charge is 0.309 e. The molecular formula is C15H20FN3. The van der Waals surface area contributed by atoms with E-state index < -0.39 is 0 Å². The van der Waals surface area contributed by atoms with E-state index in [9.17, 15) is 4.39 Å². The number of aromatic nitrogens is 2. The molecule has 1 aromatic carbocycles. The molecule has 0 saturated carbocycles. The molecule has 1 aromatic heterocycles. The number of nitrogens with zero attached hydrogens (tertiary/aromatic N) is 2. The molecule has 19 heavy (non-hydrogen) atoms. The lowest BCUT2D eigenvalue weighted by molar-refractivity contribution is 0.606. The zero-order valence-corrected chi connectivity index (χ0v) is 11.7. The fourth-order valence-electron chi connectivity index (χ4n) is 2.16. The molecule has 0 spiro atoms. The van der Waals surface area contributed by atoms with Crippen LogP contribution >= 0.6 is 0 Å². The Balaban J connectivity index is 1.92. The van der Waals surface area contributed by atoms with Gasteiger partial charge in [0.2, 0.25) is 0 Å². The average molecular weight is 261 g/mol. The lowest BCUT2D eigenvalue weighted by Crippen LogP contribution is -2.12. The van der Waals surface area contributed by atoms with Crippen molar-refractivity contribution in [2.75, 3.05) is 0 Å². The first-order chi connectivity index (χ1) is 9.10. The first kappa shape index (κ1) is 13.7. The van der Waals surface area contributed by atoms with Crippen LogP contribution in [-0.2, 0) is 19.6 Å². The standard InChI is InChI=1S/C15H20FN3/c1-4-19-10-14(9-18-19)8-17-7-13-5-11(2)15(16)12(3)6-13/h5-6,9-10,17H,4,7-8H2,1-3H3. The van der Waals surface area contributed by atoms with E-state index in [-0.39, 0.29) is 5.82 Å². The summed E-state index contributed by atoms with van der Waals surface area (Å²) in [5, 5.41) is 7.58. The fraction of sp³-hybridized carbons (Fsp3) is 0.400. The van der Waals surface area contributed by atoms with E-state index in [1.165, 1.54) is 0 Å². The third-order valence-electron chi connectivity index (χ3n) is 3.17. The van der Waals surface area contributed by atoms with Crippen LogP contribution < -0.4 is 5.32 Å². The predicted octanol–water partition coefficient (Wildman–Crippen LogP) is 2.95. The SMILES string of the molecule is CCn1cc(CNCc2cc(C)c(F)c(C)c2)cn1. The van der Waals surface area contributed by atoms with Crippen molar-refractivity contribution in [1.82, 2.24) is 15.1 Å². The van der Waals surface area contributed by atoms with E-state index in [0.717, 1.165) is 30.8 Å². The number of aryl methyl sites for hydroxylation is 3. The van der Waals surface area contributed by atoms with Crippen molar-refractivity contribution in [2.45, 2.75) is 40.4 Å². The van der Waals surface area contributed by atoms with Gasteiger partial charge in [-0.1, -0.05) is 12.1 Å². The Bertz CT molecular complexity index is 537. The van der Waals surface area contributed by atoms with Gasteiger partial charge in [-0.05, 0) is 37.5 Å². The minimum absolute atomic E-state index is 0.104. The van der Waals surface area contributed by atoms with Crippen LogP contribution in [0.25, 0.3) is 0 Å². The van der Waals surface area contributed by atoms with Crippen molar-refractivity contribution >= 4 is 0 Å². The summed E-state index contributed by atoms with van der Waals surface area (Å²) in [6.45, 7) is 8.06. The third-order valence-corrected chi connectivity index (χ3v) is 3.17. The molecule has 0 atom stereocenters. The van der Waals surface area contributed by atoms with Crippen molar-refractivity contribution < 1.29 is 4.39 Å². The molecule has 0 amide bonds. The molecule has 0 aliphatic heterocycles. The highest BCUT2D eigenvalue weighted by atomic mass is 19.1. The first-order valence-electron chi connectivity index (χ1n) is 6.57. The van der Waals surface area contributed by atoms with Gasteiger partial charge in [0.25, 0.3) is 0 Å². The zero-order valence-electron chi connectivity index (χ0n) is 11.7. The van der Waals surface area contributed by atoms with Gasteiger partial charge in [0.1, 0.15) is 5.82 Å². The Kier molecular flexibility index (Phi) is 4.32. The molecule has 1 heterocycles. The Hall–Kier alpha value is -1.68. The smallest absolute Gasteiger partial charge is 0.129 e. The van der Waals surface area contributed by atoms with Crippen LogP contribution in [0, 0.1) is 19.7 Å². The van der Waals surface area contributed by atoms with Gasteiger partial charge in [-0.3, -0.25) is 4.68 Å². The Morgan fingerprint density at radius 1 is 1.16 bits per heavy atom. The predicted molar refractivity (Wildman–Crippen MR) is 74.3 cm³/mol. The molecule has 0 unspecified atom stereocenters. The lowest BCUT2D eigenvalue weighted by atomic mass is 10.1. The Morgan fingerprint density at radius 2 is 1.79 bits per heavy atom. The normalized spacial score (nSPS) is 10.9. The van der Waals surface area contributed by atoms with Gasteiger partial charge in [-0.2, -0.15) is 5.10 Å². The summed E-state index contributed by atoms with van der Waals surface area (Å²) in [5.41, 5.74) is 3.68. The number of benzene rings is 1. The Morgan fingerprint density at radius 3 is 2.37 bits per heavy atom. The summed E-state index contributed by atoms with van der Waals surface area (Å²) >= 11 is 0. The monoisotopic (exact) mass is 261 g/mol. The van der Waals surface area contributed by atoms with Gasteiger partial charge < -0.3 is 5.32 Å². The van der Waals surface area contributed by atoms with Crippen molar-refractivity contribution in [3.63, 3.8) is 0 Å². The fourth-order valence-corrected chi connectivity index (χ4v) is 2.16. The van der Waals surface area contributed by atoms with Crippen LogP contribution in [0.15, 0.2) is 24.5 Å². The molecular weight excluding hydrogens is 241 g/mol. The molecule has 3 nitrogen and oxygen atoms in total. The van der Waals surface area contributed by atoms with Crippen molar-refractivity contribution in [3.05, 3.63) is 52.6 Å². The van der Waals surface area contributed by atoms with Gasteiger partial charge in [0.15, 0.2) is 0 Å². The number of rotatable bonds is 5. The number of hydrogen-bond acceptors (Lipinski definition) is 2. The van der Waals surface area contributed by atoms with Crippen LogP contribution in [0.3, 0.4) is 0 Å². The minimum atomic E-state index is -0.104. The summed E-state index contributed by atoms with van der Waals surface area (Å²) in [4.78, 5) is 0. The number of nitrogens with one attached hydrogen (secondary N) is 1. The summed E-state index contributed by atoms with van der Waals surface area (Å²) in [7, 11) is 0. The molecule has 0 bridgehead atoms. The molecule has 0 aliphatic carbocycles. The third kappa shape index (κ3) is 3.41. The summed E-state index contributed by atoms with van der Waals surface area (Å²) < 4.78 is 15.4. The molecule has 2 aromatic rings. The van der Waals surface area contributed by atoms with Crippen molar-refractivity contribution in [2.24, 2.45) is 0 Å². The topological polar surface area (TPSA) is 29.9 Å². The molecule has 0 fully saturated rings. The molecule has 4 heteroatoms. The van der Waals surface area contributed by atoms with E-state index in [1.54, 1.807) is 13.8 Å². The van der Waals surface area contributed by atoms with Gasteiger partial charge in [0, 0.05) is 31.4 Å². The van der Waals surface area contributed by atoms with Crippen LogP contribution in [0.1, 0.15) is 29.2 Å². The maximum atomic E-state index is 13.5. The van der Waals surface area contributed by atoms with Crippen molar-refractivity contribution in [3.8, 4) is 0 Å². The van der Waals surface area contributed by atoms with E-state index in [4.69, 9.17) is 0 Å². The highest BCUT2D eigenvalue weighted by Crippen LogP contribution is 2.14. The van der Waals surface area contributed by atoms with Gasteiger partial charge in [-0.25, -0.2) is 4.39 Å². The molecule has 2 rings (SSSR count). The summed E-state index contributed by atoms with van der Waals surface area (Å²) in [6.07, 6.45) is 3.91. The lowest BCUT2D eigenvalue weighted by Gasteiger charge is -2.07. The van der Waals surface area contributed by atoms with E-state index >= 15 is 0 Å². The summed E-state index contributed by atoms with van der Waals surface area (Å²) in [5.74, 6) is -0.104. The molecule has 0 saturated heterocycles. The van der Waals surface area contributed by atoms with Crippen LogP contribution in [0.5, 0.6) is 0 Å². The Labute approximate surface area is 113 Å².